The van der Waals surface area contributed by atoms with E-state index >= 15 is 0 Å². The van der Waals surface area contributed by atoms with Crippen molar-refractivity contribution in [3.8, 4) is 0 Å². The minimum Gasteiger partial charge on any atom is -0.465 e. The fourth-order valence-corrected chi connectivity index (χ4v) is 0.734. The van der Waals surface area contributed by atoms with Crippen LogP contribution in [0.2, 0.25) is 0 Å². The third-order valence-corrected chi connectivity index (χ3v) is 1.58. The van der Waals surface area contributed by atoms with Crippen LogP contribution in [0, 0.1) is 5.41 Å². The monoisotopic (exact) mass is 219 g/mol. The number of ether oxygens (including phenoxy) is 3. The second-order valence-corrected chi connectivity index (χ2v) is 3.45. The van der Waals surface area contributed by atoms with Crippen molar-refractivity contribution < 1.29 is 23.8 Å². The average molecular weight is 219 g/mol. The van der Waals surface area contributed by atoms with Crippen LogP contribution in [0.1, 0.15) is 20.8 Å². The lowest BCUT2D eigenvalue weighted by Gasteiger charge is -2.21. The summed E-state index contributed by atoms with van der Waals surface area (Å²) < 4.78 is 13.8. The molecule has 0 radical (unpaired) electrons. The van der Waals surface area contributed by atoms with Crippen LogP contribution < -0.4 is 5.73 Å². The van der Waals surface area contributed by atoms with Crippen molar-refractivity contribution in [3.05, 3.63) is 0 Å². The van der Waals surface area contributed by atoms with Crippen molar-refractivity contribution in [3.63, 3.8) is 0 Å². The van der Waals surface area contributed by atoms with Crippen molar-refractivity contribution in [1.29, 1.82) is 0 Å². The SMILES string of the molecule is CCOC(=O)C(C)(C)COC(=O)OCN. The highest BCUT2D eigenvalue weighted by atomic mass is 16.7. The summed E-state index contributed by atoms with van der Waals surface area (Å²) in [6.07, 6.45) is -0.894. The third-order valence-electron chi connectivity index (χ3n) is 1.58. The van der Waals surface area contributed by atoms with Gasteiger partial charge in [-0.2, -0.15) is 0 Å². The van der Waals surface area contributed by atoms with Crippen molar-refractivity contribution in [2.45, 2.75) is 20.8 Å². The zero-order valence-corrected chi connectivity index (χ0v) is 9.24. The van der Waals surface area contributed by atoms with Gasteiger partial charge in [-0.3, -0.25) is 10.5 Å². The molecule has 0 unspecified atom stereocenters. The first-order valence-electron chi connectivity index (χ1n) is 4.61. The Morgan fingerprint density at radius 3 is 2.27 bits per heavy atom. The largest absolute Gasteiger partial charge is 0.509 e. The van der Waals surface area contributed by atoms with Crippen molar-refractivity contribution in [2.24, 2.45) is 11.1 Å². The normalized spacial score (nSPS) is 10.7. The second kappa shape index (κ2) is 6.23. The number of rotatable bonds is 5. The molecule has 6 heteroatoms. The van der Waals surface area contributed by atoms with Crippen LogP contribution in [-0.2, 0) is 19.0 Å². The van der Waals surface area contributed by atoms with Gasteiger partial charge in [-0.05, 0) is 20.8 Å². The third kappa shape index (κ3) is 5.21. The number of esters is 1. The Morgan fingerprint density at radius 2 is 1.80 bits per heavy atom. The molecule has 0 fully saturated rings. The maximum absolute atomic E-state index is 11.4. The van der Waals surface area contributed by atoms with Gasteiger partial charge >= 0.3 is 12.1 Å². The summed E-state index contributed by atoms with van der Waals surface area (Å²) >= 11 is 0. The highest BCUT2D eigenvalue weighted by Gasteiger charge is 2.31. The first-order valence-corrected chi connectivity index (χ1v) is 4.61. The van der Waals surface area contributed by atoms with Gasteiger partial charge in [0.25, 0.3) is 0 Å². The van der Waals surface area contributed by atoms with Crippen LogP contribution in [0.3, 0.4) is 0 Å². The minimum atomic E-state index is -0.894. The number of carbonyl (C=O) groups excluding carboxylic acids is 2. The van der Waals surface area contributed by atoms with Crippen molar-refractivity contribution in [2.75, 3.05) is 19.9 Å². The van der Waals surface area contributed by atoms with Gasteiger partial charge in [-0.25, -0.2) is 4.79 Å². The molecule has 6 nitrogen and oxygen atoms in total. The molecule has 0 aromatic carbocycles. The summed E-state index contributed by atoms with van der Waals surface area (Å²) in [4.78, 5) is 22.1. The van der Waals surface area contributed by atoms with Gasteiger partial charge in [-0.1, -0.05) is 0 Å². The Balaban J connectivity index is 4.03. The molecule has 0 rings (SSSR count). The van der Waals surface area contributed by atoms with Crippen LogP contribution >= 0.6 is 0 Å². The lowest BCUT2D eigenvalue weighted by molar-refractivity contribution is -0.155. The summed E-state index contributed by atoms with van der Waals surface area (Å²) in [5, 5.41) is 0. The first-order chi connectivity index (χ1) is 6.94. The van der Waals surface area contributed by atoms with E-state index in [9.17, 15) is 9.59 Å². The van der Waals surface area contributed by atoms with E-state index in [1.54, 1.807) is 20.8 Å². The minimum absolute atomic E-state index is 0.106. The van der Waals surface area contributed by atoms with E-state index < -0.39 is 17.5 Å². The van der Waals surface area contributed by atoms with Crippen LogP contribution in [0.25, 0.3) is 0 Å². The topological polar surface area (TPSA) is 87.8 Å². The van der Waals surface area contributed by atoms with Crippen LogP contribution in [0.5, 0.6) is 0 Å². The van der Waals surface area contributed by atoms with Crippen molar-refractivity contribution in [1.82, 2.24) is 0 Å². The van der Waals surface area contributed by atoms with Crippen LogP contribution in [0.15, 0.2) is 0 Å². The summed E-state index contributed by atoms with van der Waals surface area (Å²) in [5.74, 6) is -0.425. The number of carbonyl (C=O) groups is 2. The molecular weight excluding hydrogens is 202 g/mol. The predicted octanol–water partition coefficient (Wildman–Crippen LogP) is 0.645. The van der Waals surface area contributed by atoms with E-state index in [2.05, 4.69) is 9.47 Å². The second-order valence-electron chi connectivity index (χ2n) is 3.45. The summed E-state index contributed by atoms with van der Waals surface area (Å²) in [7, 11) is 0. The fraction of sp³-hybridized carbons (Fsp3) is 0.778. The Hall–Kier alpha value is -1.30. The Kier molecular flexibility index (Phi) is 5.69. The molecule has 0 amide bonds. The van der Waals surface area contributed by atoms with E-state index in [0.717, 1.165) is 0 Å². The van der Waals surface area contributed by atoms with E-state index in [0.29, 0.717) is 0 Å². The lowest BCUT2D eigenvalue weighted by atomic mass is 9.95. The van der Waals surface area contributed by atoms with Gasteiger partial charge in [0, 0.05) is 0 Å². The predicted molar refractivity (Wildman–Crippen MR) is 51.9 cm³/mol. The van der Waals surface area contributed by atoms with E-state index in [4.69, 9.17) is 10.5 Å². The fourth-order valence-electron chi connectivity index (χ4n) is 0.734. The molecule has 0 aromatic heterocycles. The average Bonchev–Trinajstić information content (AvgIpc) is 2.16. The molecule has 0 aliphatic heterocycles. The quantitative estimate of drug-likeness (QED) is 0.539. The Bertz CT molecular complexity index is 227. The highest BCUT2D eigenvalue weighted by Crippen LogP contribution is 2.17. The number of hydrogen-bond acceptors (Lipinski definition) is 6. The van der Waals surface area contributed by atoms with Crippen LogP contribution in [0.4, 0.5) is 4.79 Å². The van der Waals surface area contributed by atoms with E-state index in [1.165, 1.54) is 0 Å². The smallest absolute Gasteiger partial charge is 0.465 e. The maximum atomic E-state index is 11.4. The molecule has 0 spiro atoms. The molecule has 88 valence electrons. The molecule has 0 aliphatic carbocycles. The molecule has 0 aliphatic rings. The van der Waals surface area contributed by atoms with Gasteiger partial charge in [0.05, 0.1) is 12.0 Å². The molecular formula is C9H17NO5. The Morgan fingerprint density at radius 1 is 1.20 bits per heavy atom. The van der Waals surface area contributed by atoms with Gasteiger partial charge in [0.1, 0.15) is 13.3 Å². The molecule has 0 atom stereocenters. The summed E-state index contributed by atoms with van der Waals surface area (Å²) in [6, 6.07) is 0. The maximum Gasteiger partial charge on any atom is 0.509 e. The van der Waals surface area contributed by atoms with Crippen LogP contribution in [-0.4, -0.2) is 32.1 Å². The van der Waals surface area contributed by atoms with Gasteiger partial charge in [-0.15, -0.1) is 0 Å². The standard InChI is InChI=1S/C9H17NO5/c1-4-13-7(11)9(2,3)5-14-8(12)15-6-10/h4-6,10H2,1-3H3. The van der Waals surface area contributed by atoms with E-state index in [-0.39, 0.29) is 19.9 Å². The highest BCUT2D eigenvalue weighted by molar-refractivity contribution is 5.76. The molecule has 15 heavy (non-hydrogen) atoms. The summed E-state index contributed by atoms with van der Waals surface area (Å²) in [5.41, 5.74) is 4.08. The Labute approximate surface area is 88.7 Å². The molecule has 0 heterocycles. The zero-order chi connectivity index (χ0) is 11.9. The molecule has 2 N–H and O–H groups in total. The van der Waals surface area contributed by atoms with Gasteiger partial charge < -0.3 is 14.2 Å². The molecule has 0 saturated heterocycles. The van der Waals surface area contributed by atoms with Gasteiger partial charge in [0.15, 0.2) is 0 Å². The lowest BCUT2D eigenvalue weighted by Crippen LogP contribution is -2.33. The van der Waals surface area contributed by atoms with E-state index in [1.807, 2.05) is 0 Å². The molecule has 0 bridgehead atoms. The van der Waals surface area contributed by atoms with Gasteiger partial charge in [0.2, 0.25) is 0 Å². The summed E-state index contributed by atoms with van der Waals surface area (Å²) in [6.45, 7) is 4.86. The molecule has 0 aromatic rings. The first kappa shape index (κ1) is 13.7. The number of nitrogens with two attached hydrogens (primary N) is 1. The zero-order valence-electron chi connectivity index (χ0n) is 9.24. The molecule has 0 saturated carbocycles. The number of hydrogen-bond donors (Lipinski definition) is 1. The van der Waals surface area contributed by atoms with Crippen molar-refractivity contribution >= 4 is 12.1 Å².